The van der Waals surface area contributed by atoms with Crippen molar-refractivity contribution in [1.29, 1.82) is 0 Å². The van der Waals surface area contributed by atoms with Gasteiger partial charge in [0.05, 0.1) is 28.2 Å². The highest BCUT2D eigenvalue weighted by molar-refractivity contribution is 6.34. The highest BCUT2D eigenvalue weighted by Crippen LogP contribution is 2.24. The van der Waals surface area contributed by atoms with Crippen LogP contribution in [0.4, 0.5) is 11.4 Å². The van der Waals surface area contributed by atoms with Gasteiger partial charge in [0, 0.05) is 0 Å². The van der Waals surface area contributed by atoms with Crippen molar-refractivity contribution in [2.45, 2.75) is 0 Å². The van der Waals surface area contributed by atoms with E-state index >= 15 is 0 Å². The Morgan fingerprint density at radius 3 is 2.74 bits per heavy atom. The number of nitrogens with two attached hydrogens (primary N) is 1. The van der Waals surface area contributed by atoms with Crippen LogP contribution in [-0.2, 0) is 0 Å². The van der Waals surface area contributed by atoms with Crippen molar-refractivity contribution in [3.8, 4) is 0 Å². The summed E-state index contributed by atoms with van der Waals surface area (Å²) in [5.41, 5.74) is 5.99. The van der Waals surface area contributed by atoms with Gasteiger partial charge in [0.25, 0.3) is 5.91 Å². The first-order chi connectivity index (χ1) is 8.99. The third-order valence-electron chi connectivity index (χ3n) is 2.36. The number of halogens is 1. The van der Waals surface area contributed by atoms with Gasteiger partial charge in [-0.25, -0.2) is 4.79 Å². The van der Waals surface area contributed by atoms with Crippen LogP contribution in [0.5, 0.6) is 0 Å². The number of carboxylic acids is 1. The third-order valence-corrected chi connectivity index (χ3v) is 2.69. The van der Waals surface area contributed by atoms with Crippen molar-refractivity contribution < 1.29 is 14.7 Å². The van der Waals surface area contributed by atoms with Crippen LogP contribution < -0.4 is 11.1 Å². The van der Waals surface area contributed by atoms with Crippen molar-refractivity contribution in [1.82, 2.24) is 10.2 Å². The van der Waals surface area contributed by atoms with E-state index in [1.54, 1.807) is 0 Å². The summed E-state index contributed by atoms with van der Waals surface area (Å²) < 4.78 is 0. The van der Waals surface area contributed by atoms with Gasteiger partial charge in [-0.3, -0.25) is 9.89 Å². The van der Waals surface area contributed by atoms with Crippen molar-refractivity contribution >= 4 is 34.9 Å². The number of carbonyl (C=O) groups is 2. The predicted molar refractivity (Wildman–Crippen MR) is 69.4 cm³/mol. The summed E-state index contributed by atoms with van der Waals surface area (Å²) in [7, 11) is 0. The average molecular weight is 281 g/mol. The molecule has 0 unspecified atom stereocenters. The predicted octanol–water partition coefficient (Wildman–Crippen LogP) is 1.60. The Hall–Kier alpha value is -2.54. The number of aromatic amines is 1. The summed E-state index contributed by atoms with van der Waals surface area (Å²) in [4.78, 5) is 22.7. The van der Waals surface area contributed by atoms with Gasteiger partial charge in [-0.1, -0.05) is 11.6 Å². The second-order valence-corrected chi connectivity index (χ2v) is 4.06. The molecule has 0 fully saturated rings. The van der Waals surface area contributed by atoms with E-state index in [2.05, 4.69) is 15.5 Å². The number of nitrogens with one attached hydrogen (secondary N) is 2. The molecule has 2 aromatic rings. The zero-order valence-corrected chi connectivity index (χ0v) is 10.2. The molecular weight excluding hydrogens is 272 g/mol. The summed E-state index contributed by atoms with van der Waals surface area (Å²) in [6.07, 6.45) is 1.30. The number of aromatic nitrogens is 2. The Morgan fingerprint density at radius 1 is 1.42 bits per heavy atom. The molecule has 1 aromatic carbocycles. The smallest absolute Gasteiger partial charge is 0.335 e. The number of hydrogen-bond acceptors (Lipinski definition) is 4. The van der Waals surface area contributed by atoms with Gasteiger partial charge in [-0.2, -0.15) is 5.10 Å². The van der Waals surface area contributed by atoms with Crippen LogP contribution in [0.3, 0.4) is 0 Å². The highest BCUT2D eigenvalue weighted by Gasteiger charge is 2.14. The van der Waals surface area contributed by atoms with E-state index in [1.807, 2.05) is 0 Å². The SMILES string of the molecule is Nc1cn[nH]c1C(=O)Nc1cc(C(=O)O)ccc1Cl. The van der Waals surface area contributed by atoms with E-state index in [0.29, 0.717) is 0 Å². The number of anilines is 2. The molecule has 0 saturated carbocycles. The van der Waals surface area contributed by atoms with Crippen LogP contribution in [-0.4, -0.2) is 27.2 Å². The number of amides is 1. The van der Waals surface area contributed by atoms with Crippen molar-refractivity contribution in [2.24, 2.45) is 0 Å². The van der Waals surface area contributed by atoms with Crippen LogP contribution >= 0.6 is 11.6 Å². The maximum absolute atomic E-state index is 11.9. The molecule has 0 aliphatic heterocycles. The molecular formula is C11H9ClN4O3. The Bertz CT molecular complexity index is 653. The minimum Gasteiger partial charge on any atom is -0.478 e. The molecule has 0 atom stereocenters. The zero-order chi connectivity index (χ0) is 14.0. The lowest BCUT2D eigenvalue weighted by Crippen LogP contribution is -2.15. The number of aromatic carboxylic acids is 1. The molecule has 0 spiro atoms. The Morgan fingerprint density at radius 2 is 2.16 bits per heavy atom. The van der Waals surface area contributed by atoms with Crippen molar-refractivity contribution in [2.75, 3.05) is 11.1 Å². The maximum atomic E-state index is 11.9. The monoisotopic (exact) mass is 280 g/mol. The van der Waals surface area contributed by atoms with E-state index in [0.717, 1.165) is 0 Å². The second-order valence-electron chi connectivity index (χ2n) is 3.65. The summed E-state index contributed by atoms with van der Waals surface area (Å²) in [5, 5.41) is 17.6. The number of nitrogen functional groups attached to an aromatic ring is 1. The molecule has 0 bridgehead atoms. The molecule has 0 aliphatic carbocycles. The number of nitrogens with zero attached hydrogens (tertiary/aromatic N) is 1. The molecule has 8 heteroatoms. The molecule has 1 aromatic heterocycles. The number of carboxylic acid groups (broad SMARTS) is 1. The van der Waals surface area contributed by atoms with Gasteiger partial charge in [0.1, 0.15) is 5.69 Å². The second kappa shape index (κ2) is 4.99. The third kappa shape index (κ3) is 2.66. The molecule has 0 radical (unpaired) electrons. The van der Waals surface area contributed by atoms with Crippen LogP contribution in [0.15, 0.2) is 24.4 Å². The van der Waals surface area contributed by atoms with E-state index in [-0.39, 0.29) is 27.7 Å². The average Bonchev–Trinajstić information content (AvgIpc) is 2.78. The molecule has 19 heavy (non-hydrogen) atoms. The normalized spacial score (nSPS) is 10.2. The number of benzene rings is 1. The highest BCUT2D eigenvalue weighted by atomic mass is 35.5. The van der Waals surface area contributed by atoms with Gasteiger partial charge in [0.2, 0.25) is 0 Å². The topological polar surface area (TPSA) is 121 Å². The summed E-state index contributed by atoms with van der Waals surface area (Å²) in [5.74, 6) is -1.67. The van der Waals surface area contributed by atoms with Crippen LogP contribution in [0, 0.1) is 0 Å². The van der Waals surface area contributed by atoms with Gasteiger partial charge in [-0.15, -0.1) is 0 Å². The van der Waals surface area contributed by atoms with E-state index in [1.165, 1.54) is 24.4 Å². The van der Waals surface area contributed by atoms with Crippen LogP contribution in [0.2, 0.25) is 5.02 Å². The maximum Gasteiger partial charge on any atom is 0.335 e. The minimum atomic E-state index is -1.12. The minimum absolute atomic E-state index is 0.0114. The first-order valence-corrected chi connectivity index (χ1v) is 5.50. The van der Waals surface area contributed by atoms with Crippen LogP contribution in [0.25, 0.3) is 0 Å². The number of carbonyl (C=O) groups excluding carboxylic acids is 1. The number of hydrogen-bond donors (Lipinski definition) is 4. The zero-order valence-electron chi connectivity index (χ0n) is 9.48. The molecule has 1 amide bonds. The standard InChI is InChI=1S/C11H9ClN4O3/c12-6-2-1-5(11(18)19)3-8(6)15-10(17)9-7(13)4-14-16-9/h1-4H,13H2,(H,14,16)(H,15,17)(H,18,19). The summed E-state index contributed by atoms with van der Waals surface area (Å²) >= 11 is 5.88. The van der Waals surface area contributed by atoms with Gasteiger partial charge in [0.15, 0.2) is 0 Å². The quantitative estimate of drug-likeness (QED) is 0.680. The molecule has 1 heterocycles. The largest absolute Gasteiger partial charge is 0.478 e. The van der Waals surface area contributed by atoms with E-state index in [4.69, 9.17) is 22.4 Å². The molecule has 2 rings (SSSR count). The number of H-pyrrole nitrogens is 1. The van der Waals surface area contributed by atoms with Gasteiger partial charge >= 0.3 is 5.97 Å². The van der Waals surface area contributed by atoms with Crippen molar-refractivity contribution in [3.63, 3.8) is 0 Å². The Labute approximate surface area is 112 Å². The Kier molecular flexibility index (Phi) is 3.39. The molecule has 7 nitrogen and oxygen atoms in total. The molecule has 0 aliphatic rings. The van der Waals surface area contributed by atoms with E-state index < -0.39 is 11.9 Å². The van der Waals surface area contributed by atoms with Crippen LogP contribution in [0.1, 0.15) is 20.8 Å². The summed E-state index contributed by atoms with van der Waals surface area (Å²) in [6.45, 7) is 0. The fourth-order valence-electron chi connectivity index (χ4n) is 1.42. The lowest BCUT2D eigenvalue weighted by atomic mass is 10.2. The van der Waals surface area contributed by atoms with E-state index in [9.17, 15) is 9.59 Å². The first kappa shape index (κ1) is 12.9. The summed E-state index contributed by atoms with van der Waals surface area (Å²) in [6, 6.07) is 3.98. The number of rotatable bonds is 3. The van der Waals surface area contributed by atoms with Crippen molar-refractivity contribution in [3.05, 3.63) is 40.7 Å². The molecule has 98 valence electrons. The molecule has 5 N–H and O–H groups in total. The fraction of sp³-hybridized carbons (Fsp3) is 0. The molecule has 0 saturated heterocycles. The van der Waals surface area contributed by atoms with Gasteiger partial charge < -0.3 is 16.2 Å². The van der Waals surface area contributed by atoms with Gasteiger partial charge in [-0.05, 0) is 18.2 Å². The fourth-order valence-corrected chi connectivity index (χ4v) is 1.58. The lowest BCUT2D eigenvalue weighted by Gasteiger charge is -2.07. The Balaban J connectivity index is 2.28. The first-order valence-electron chi connectivity index (χ1n) is 5.12. The lowest BCUT2D eigenvalue weighted by molar-refractivity contribution is 0.0696.